The predicted octanol–water partition coefficient (Wildman–Crippen LogP) is 3.48. The summed E-state index contributed by atoms with van der Waals surface area (Å²) < 4.78 is 11.5. The number of hydrogen-bond donors (Lipinski definition) is 1. The molecule has 4 aliphatic carbocycles. The number of amides is 1. The molecule has 1 amide bonds. The van der Waals surface area contributed by atoms with Gasteiger partial charge in [-0.1, -0.05) is 13.8 Å². The number of carbonyl (C=O) groups excluding carboxylic acids is 2. The van der Waals surface area contributed by atoms with Crippen LogP contribution in [0.4, 0.5) is 4.79 Å². The van der Waals surface area contributed by atoms with E-state index in [0.717, 1.165) is 51.6 Å². The summed E-state index contributed by atoms with van der Waals surface area (Å²) in [7, 11) is 0. The van der Waals surface area contributed by atoms with Crippen molar-refractivity contribution in [3.63, 3.8) is 0 Å². The smallest absolute Gasteiger partial charge is 0.410 e. The van der Waals surface area contributed by atoms with Gasteiger partial charge in [0.15, 0.2) is 0 Å². The Morgan fingerprint density at radius 1 is 1.00 bits per heavy atom. The molecule has 7 nitrogen and oxygen atoms in total. The molecule has 0 aromatic carbocycles. The molecule has 1 N–H and O–H groups in total. The van der Waals surface area contributed by atoms with E-state index in [2.05, 4.69) is 18.7 Å². The first-order chi connectivity index (χ1) is 16.7. The van der Waals surface area contributed by atoms with Crippen molar-refractivity contribution in [2.24, 2.45) is 34.5 Å². The molecule has 0 bridgehead atoms. The molecule has 6 fully saturated rings. The maximum atomic E-state index is 12.9. The van der Waals surface area contributed by atoms with E-state index in [0.29, 0.717) is 62.3 Å². The van der Waals surface area contributed by atoms with Gasteiger partial charge < -0.3 is 19.5 Å². The SMILES string of the molecule is C[C@]12CC[C@@]3(C[C@@H]1CC[C@@H]1[C@@H]2CC[C@]2(C)C(=O)CC[C@@H]12)CN(CC(O)CN1CCOCC1)C(=O)O3. The minimum Gasteiger partial charge on any atom is -0.441 e. The van der Waals surface area contributed by atoms with Gasteiger partial charge in [0.1, 0.15) is 11.4 Å². The number of hydrogen-bond acceptors (Lipinski definition) is 6. The molecule has 7 heteroatoms. The largest absolute Gasteiger partial charge is 0.441 e. The van der Waals surface area contributed by atoms with Crippen LogP contribution in [0.5, 0.6) is 0 Å². The average Bonchev–Trinajstić information content (AvgIpc) is 3.30. The lowest BCUT2D eigenvalue weighted by Crippen LogP contribution is -2.56. The van der Waals surface area contributed by atoms with Crippen molar-refractivity contribution in [1.29, 1.82) is 0 Å². The van der Waals surface area contributed by atoms with E-state index in [1.807, 2.05) is 0 Å². The molecule has 4 saturated carbocycles. The monoisotopic (exact) mass is 488 g/mol. The minimum absolute atomic E-state index is 0.0657. The van der Waals surface area contributed by atoms with Crippen LogP contribution >= 0.6 is 0 Å². The summed E-state index contributed by atoms with van der Waals surface area (Å²) in [6.45, 7) is 9.39. The van der Waals surface area contributed by atoms with Crippen LogP contribution in [-0.2, 0) is 14.3 Å². The number of morpholine rings is 1. The topological polar surface area (TPSA) is 79.3 Å². The van der Waals surface area contributed by atoms with Crippen LogP contribution in [0.2, 0.25) is 0 Å². The Balaban J connectivity index is 1.10. The normalized spacial score (nSPS) is 46.8. The lowest BCUT2D eigenvalue weighted by Gasteiger charge is -2.61. The Morgan fingerprint density at radius 3 is 2.60 bits per heavy atom. The molecule has 0 aromatic heterocycles. The number of ether oxygens (including phenoxy) is 2. The van der Waals surface area contributed by atoms with Crippen LogP contribution in [0, 0.1) is 34.5 Å². The second kappa shape index (κ2) is 8.70. The Hall–Kier alpha value is -1.18. The number of fused-ring (bicyclic) bond motifs is 5. The second-order valence-electron chi connectivity index (χ2n) is 13.3. The number of carbonyl (C=O) groups is 2. The average molecular weight is 489 g/mol. The van der Waals surface area contributed by atoms with Gasteiger partial charge in [-0.2, -0.15) is 0 Å². The number of ketones is 1. The van der Waals surface area contributed by atoms with Gasteiger partial charge >= 0.3 is 6.09 Å². The maximum absolute atomic E-state index is 12.9. The van der Waals surface area contributed by atoms with E-state index in [1.165, 1.54) is 19.3 Å². The highest BCUT2D eigenvalue weighted by Crippen LogP contribution is 2.66. The van der Waals surface area contributed by atoms with Crippen molar-refractivity contribution in [1.82, 2.24) is 9.80 Å². The molecule has 1 unspecified atom stereocenters. The lowest BCUT2D eigenvalue weighted by atomic mass is 9.44. The summed E-state index contributed by atoms with van der Waals surface area (Å²) >= 11 is 0. The molecule has 6 rings (SSSR count). The molecule has 196 valence electrons. The zero-order valence-electron chi connectivity index (χ0n) is 21.7. The number of aliphatic hydroxyl groups excluding tert-OH is 1. The molecule has 2 heterocycles. The third-order valence-corrected chi connectivity index (χ3v) is 11.6. The molecule has 2 aliphatic heterocycles. The lowest BCUT2D eigenvalue weighted by molar-refractivity contribution is -0.149. The Labute approximate surface area is 209 Å². The molecule has 0 aromatic rings. The first-order valence-corrected chi connectivity index (χ1v) is 14.2. The number of β-amino-alcohol motifs (C(OH)–C–C–N with tert-alkyl or cyclic N) is 1. The highest BCUT2D eigenvalue weighted by atomic mass is 16.6. The fraction of sp³-hybridized carbons (Fsp3) is 0.929. The number of Topliss-reactive ketones (excluding diaryl/α,β-unsaturated/α-hetero) is 1. The number of nitrogens with zero attached hydrogens (tertiary/aromatic N) is 2. The Kier molecular flexibility index (Phi) is 6.01. The standard InChI is InChI=1S/C28H44N2O5/c1-26-9-10-28(18-30(25(33)35-28)17-20(31)16-29-11-13-34-14-12-29)15-19(26)3-4-21-22-5-6-24(32)27(22,2)8-7-23(21)26/h19-23,31H,3-18H2,1-2H3/t19-,20?,21-,22-,23-,26-,27-,28+/m0/s1. The number of rotatable bonds is 4. The van der Waals surface area contributed by atoms with Crippen LogP contribution < -0.4 is 0 Å². The molecule has 35 heavy (non-hydrogen) atoms. The first kappa shape index (κ1) is 24.2. The minimum atomic E-state index is -0.564. The van der Waals surface area contributed by atoms with E-state index >= 15 is 0 Å². The van der Waals surface area contributed by atoms with Crippen molar-refractivity contribution in [3.05, 3.63) is 0 Å². The van der Waals surface area contributed by atoms with E-state index in [-0.39, 0.29) is 22.5 Å². The van der Waals surface area contributed by atoms with Gasteiger partial charge in [0, 0.05) is 31.5 Å². The first-order valence-electron chi connectivity index (χ1n) is 14.2. The quantitative estimate of drug-likeness (QED) is 0.653. The Bertz CT molecular complexity index is 860. The van der Waals surface area contributed by atoms with Gasteiger partial charge in [-0.25, -0.2) is 4.79 Å². The highest BCUT2D eigenvalue weighted by Gasteiger charge is 2.63. The predicted molar refractivity (Wildman–Crippen MR) is 131 cm³/mol. The fourth-order valence-electron chi connectivity index (χ4n) is 9.54. The van der Waals surface area contributed by atoms with Crippen molar-refractivity contribution in [2.75, 3.05) is 45.9 Å². The van der Waals surface area contributed by atoms with E-state index in [9.17, 15) is 14.7 Å². The van der Waals surface area contributed by atoms with E-state index in [4.69, 9.17) is 9.47 Å². The summed E-state index contributed by atoms with van der Waals surface area (Å²) in [6.07, 6.45) is 8.72. The fourth-order valence-corrected chi connectivity index (χ4v) is 9.54. The summed E-state index contributed by atoms with van der Waals surface area (Å²) in [5, 5.41) is 10.7. The maximum Gasteiger partial charge on any atom is 0.410 e. The molecule has 1 spiro atoms. The Morgan fingerprint density at radius 2 is 1.80 bits per heavy atom. The van der Waals surface area contributed by atoms with E-state index in [1.54, 1.807) is 4.90 Å². The zero-order chi connectivity index (χ0) is 24.4. The second-order valence-corrected chi connectivity index (χ2v) is 13.3. The van der Waals surface area contributed by atoms with Crippen molar-refractivity contribution >= 4 is 11.9 Å². The van der Waals surface area contributed by atoms with Crippen LogP contribution in [0.1, 0.15) is 71.6 Å². The molecule has 6 aliphatic rings. The number of aliphatic hydroxyl groups is 1. The molecule has 0 radical (unpaired) electrons. The van der Waals surface area contributed by atoms with Gasteiger partial charge in [-0.15, -0.1) is 0 Å². The summed E-state index contributed by atoms with van der Waals surface area (Å²) in [4.78, 5) is 29.5. The third kappa shape index (κ3) is 3.95. The van der Waals surface area contributed by atoms with Crippen molar-refractivity contribution < 1.29 is 24.2 Å². The van der Waals surface area contributed by atoms with Gasteiger partial charge in [-0.3, -0.25) is 9.69 Å². The highest BCUT2D eigenvalue weighted by molar-refractivity contribution is 5.87. The van der Waals surface area contributed by atoms with Gasteiger partial charge in [0.25, 0.3) is 0 Å². The van der Waals surface area contributed by atoms with E-state index < -0.39 is 6.10 Å². The summed E-state index contributed by atoms with van der Waals surface area (Å²) in [5.74, 6) is 3.06. The zero-order valence-corrected chi connectivity index (χ0v) is 21.7. The van der Waals surface area contributed by atoms with Crippen molar-refractivity contribution in [2.45, 2.75) is 83.3 Å². The van der Waals surface area contributed by atoms with Gasteiger partial charge in [0.2, 0.25) is 0 Å². The molecule has 8 atom stereocenters. The summed E-state index contributed by atoms with van der Waals surface area (Å²) in [5.41, 5.74) is -0.167. The molecule has 2 saturated heterocycles. The van der Waals surface area contributed by atoms with Gasteiger partial charge in [-0.05, 0) is 80.5 Å². The van der Waals surface area contributed by atoms with Crippen LogP contribution in [0.15, 0.2) is 0 Å². The summed E-state index contributed by atoms with van der Waals surface area (Å²) in [6, 6.07) is 0. The van der Waals surface area contributed by atoms with Crippen LogP contribution in [0.25, 0.3) is 0 Å². The van der Waals surface area contributed by atoms with Gasteiger partial charge in [0.05, 0.1) is 32.4 Å². The van der Waals surface area contributed by atoms with Crippen LogP contribution in [-0.4, -0.2) is 84.4 Å². The van der Waals surface area contributed by atoms with Crippen LogP contribution in [0.3, 0.4) is 0 Å². The molecular weight excluding hydrogens is 444 g/mol. The third-order valence-electron chi connectivity index (χ3n) is 11.6. The molecular formula is C28H44N2O5. The van der Waals surface area contributed by atoms with Crippen molar-refractivity contribution in [3.8, 4) is 0 Å².